The predicted octanol–water partition coefficient (Wildman–Crippen LogP) is 3.96. The minimum atomic E-state index is -0.0108. The van der Waals surface area contributed by atoms with Gasteiger partial charge in [0.2, 0.25) is 5.78 Å². The van der Waals surface area contributed by atoms with Gasteiger partial charge in [-0.25, -0.2) is 0 Å². The quantitative estimate of drug-likeness (QED) is 0.777. The van der Waals surface area contributed by atoms with Gasteiger partial charge in [-0.05, 0) is 48.1 Å². The maximum Gasteiger partial charge on any atom is 0.204 e. The minimum absolute atomic E-state index is 0.0108. The van der Waals surface area contributed by atoms with E-state index in [0.717, 1.165) is 30.8 Å². The monoisotopic (exact) mass is 278 g/mol. The molecule has 0 aliphatic carbocycles. The molecule has 0 spiro atoms. The van der Waals surface area contributed by atoms with E-state index in [2.05, 4.69) is 0 Å². The fraction of sp³-hybridized carbons (Fsp3) is 0.214. The number of thiophene rings is 1. The van der Waals surface area contributed by atoms with Crippen LogP contribution in [0.4, 0.5) is 0 Å². The van der Waals surface area contributed by atoms with Crippen LogP contribution >= 0.6 is 22.9 Å². The molecule has 18 heavy (non-hydrogen) atoms. The summed E-state index contributed by atoms with van der Waals surface area (Å²) in [5, 5.41) is 2.36. The van der Waals surface area contributed by atoms with E-state index >= 15 is 0 Å². The first kappa shape index (κ1) is 11.8. The summed E-state index contributed by atoms with van der Waals surface area (Å²) in [6.45, 7) is 0.761. The minimum Gasteiger partial charge on any atom is -0.493 e. The number of hydrogen-bond donors (Lipinski definition) is 0. The van der Waals surface area contributed by atoms with Crippen molar-refractivity contribution in [3.63, 3.8) is 0 Å². The Labute approximate surface area is 114 Å². The van der Waals surface area contributed by atoms with Gasteiger partial charge in [0.25, 0.3) is 0 Å². The summed E-state index contributed by atoms with van der Waals surface area (Å²) < 4.78 is 5.54. The van der Waals surface area contributed by atoms with Gasteiger partial charge < -0.3 is 4.74 Å². The third-order valence-electron chi connectivity index (χ3n) is 2.99. The van der Waals surface area contributed by atoms with Gasteiger partial charge in [0, 0.05) is 5.56 Å². The van der Waals surface area contributed by atoms with Gasteiger partial charge in [0.1, 0.15) is 5.75 Å². The number of halogens is 1. The van der Waals surface area contributed by atoms with Crippen molar-refractivity contribution in [2.45, 2.75) is 12.8 Å². The molecule has 0 radical (unpaired) electrons. The Morgan fingerprint density at radius 2 is 2.22 bits per heavy atom. The fourth-order valence-electron chi connectivity index (χ4n) is 2.09. The van der Waals surface area contributed by atoms with Crippen molar-refractivity contribution in [1.82, 2.24) is 0 Å². The molecule has 0 N–H and O–H groups in total. The molecule has 0 unspecified atom stereocenters. The molecular weight excluding hydrogens is 268 g/mol. The normalized spacial score (nSPS) is 13.8. The Morgan fingerprint density at radius 3 is 3.00 bits per heavy atom. The van der Waals surface area contributed by atoms with Crippen LogP contribution in [0.25, 0.3) is 0 Å². The van der Waals surface area contributed by atoms with Crippen LogP contribution < -0.4 is 4.74 Å². The Hall–Kier alpha value is -1.32. The van der Waals surface area contributed by atoms with Gasteiger partial charge in [-0.2, -0.15) is 0 Å². The lowest BCUT2D eigenvalue weighted by Crippen LogP contribution is -2.09. The van der Waals surface area contributed by atoms with Crippen molar-refractivity contribution in [3.8, 4) is 5.75 Å². The van der Waals surface area contributed by atoms with Crippen LogP contribution in [0, 0.1) is 0 Å². The number of carbonyl (C=O) groups is 1. The summed E-state index contributed by atoms with van der Waals surface area (Å²) in [6.07, 6.45) is 1.97. The van der Waals surface area contributed by atoms with Crippen LogP contribution in [0.3, 0.4) is 0 Å². The summed E-state index contributed by atoms with van der Waals surface area (Å²) in [5.74, 6) is 0.887. The second kappa shape index (κ2) is 4.75. The summed E-state index contributed by atoms with van der Waals surface area (Å²) in [6, 6.07) is 7.36. The molecule has 4 heteroatoms. The van der Waals surface area contributed by atoms with E-state index in [1.807, 2.05) is 23.6 Å². The van der Waals surface area contributed by atoms with Crippen LogP contribution in [-0.2, 0) is 6.42 Å². The lowest BCUT2D eigenvalue weighted by atomic mass is 10.0. The number of aryl methyl sites for hydroxylation is 1. The highest BCUT2D eigenvalue weighted by molar-refractivity contribution is 7.13. The SMILES string of the molecule is O=C(c1ccc2c(c1)CCCO2)c1sccc1Cl. The molecule has 2 heterocycles. The van der Waals surface area contributed by atoms with Crippen molar-refractivity contribution in [2.24, 2.45) is 0 Å². The van der Waals surface area contributed by atoms with Gasteiger partial charge in [-0.1, -0.05) is 11.6 Å². The first-order chi connectivity index (χ1) is 8.75. The lowest BCUT2D eigenvalue weighted by Gasteiger charge is -2.17. The molecule has 0 atom stereocenters. The van der Waals surface area contributed by atoms with Crippen LogP contribution in [0.5, 0.6) is 5.75 Å². The second-order valence-electron chi connectivity index (χ2n) is 4.20. The molecule has 0 bridgehead atoms. The zero-order chi connectivity index (χ0) is 12.5. The van der Waals surface area contributed by atoms with Crippen molar-refractivity contribution in [1.29, 1.82) is 0 Å². The lowest BCUT2D eigenvalue weighted by molar-refractivity contribution is 0.104. The second-order valence-corrected chi connectivity index (χ2v) is 5.52. The largest absolute Gasteiger partial charge is 0.493 e. The molecule has 0 saturated carbocycles. The Bertz CT molecular complexity index is 604. The van der Waals surface area contributed by atoms with Gasteiger partial charge in [0.05, 0.1) is 16.5 Å². The van der Waals surface area contributed by atoms with Gasteiger partial charge in [-0.15, -0.1) is 11.3 Å². The molecule has 1 aliphatic rings. The van der Waals surface area contributed by atoms with Crippen molar-refractivity contribution >= 4 is 28.7 Å². The van der Waals surface area contributed by atoms with Crippen molar-refractivity contribution in [3.05, 3.63) is 50.7 Å². The molecule has 2 nitrogen and oxygen atoms in total. The first-order valence-corrected chi connectivity index (χ1v) is 7.05. The third kappa shape index (κ3) is 2.04. The zero-order valence-corrected chi connectivity index (χ0v) is 11.2. The summed E-state index contributed by atoms with van der Waals surface area (Å²) >= 11 is 7.37. The maximum atomic E-state index is 12.3. The number of ketones is 1. The molecule has 92 valence electrons. The van der Waals surface area contributed by atoms with E-state index in [1.54, 1.807) is 6.07 Å². The van der Waals surface area contributed by atoms with E-state index in [9.17, 15) is 4.79 Å². The van der Waals surface area contributed by atoms with E-state index in [-0.39, 0.29) is 5.78 Å². The van der Waals surface area contributed by atoms with Gasteiger partial charge in [-0.3, -0.25) is 4.79 Å². The summed E-state index contributed by atoms with van der Waals surface area (Å²) in [5.41, 5.74) is 1.79. The number of rotatable bonds is 2. The Balaban J connectivity index is 1.98. The third-order valence-corrected chi connectivity index (χ3v) is 4.33. The molecule has 0 amide bonds. The zero-order valence-electron chi connectivity index (χ0n) is 9.61. The molecular formula is C14H11ClO2S. The number of fused-ring (bicyclic) bond motifs is 1. The van der Waals surface area contributed by atoms with E-state index in [4.69, 9.17) is 16.3 Å². The topological polar surface area (TPSA) is 26.3 Å². The molecule has 0 fully saturated rings. The molecule has 1 aromatic heterocycles. The maximum absolute atomic E-state index is 12.3. The van der Waals surface area contributed by atoms with Crippen molar-refractivity contribution in [2.75, 3.05) is 6.61 Å². The smallest absolute Gasteiger partial charge is 0.204 e. The van der Waals surface area contributed by atoms with Crippen LogP contribution in [0.15, 0.2) is 29.6 Å². The molecule has 3 rings (SSSR count). The van der Waals surface area contributed by atoms with E-state index in [0.29, 0.717) is 15.5 Å². The number of hydrogen-bond acceptors (Lipinski definition) is 3. The summed E-state index contributed by atoms with van der Waals surface area (Å²) in [4.78, 5) is 12.9. The van der Waals surface area contributed by atoms with Crippen molar-refractivity contribution < 1.29 is 9.53 Å². The molecule has 0 saturated heterocycles. The van der Waals surface area contributed by atoms with Crippen LogP contribution in [0.1, 0.15) is 27.2 Å². The number of carbonyl (C=O) groups excluding carboxylic acids is 1. The van der Waals surface area contributed by atoms with E-state index < -0.39 is 0 Å². The predicted molar refractivity (Wildman–Crippen MR) is 73.0 cm³/mol. The average Bonchev–Trinajstić information content (AvgIpc) is 2.83. The van der Waals surface area contributed by atoms with Crippen LogP contribution in [0.2, 0.25) is 5.02 Å². The van der Waals surface area contributed by atoms with E-state index in [1.165, 1.54) is 11.3 Å². The molecule has 1 aromatic carbocycles. The standard InChI is InChI=1S/C14H11ClO2S/c15-11-5-7-18-14(11)13(16)10-3-4-12-9(8-10)2-1-6-17-12/h3-5,7-8H,1-2,6H2. The number of ether oxygens (including phenoxy) is 1. The molecule has 2 aromatic rings. The first-order valence-electron chi connectivity index (χ1n) is 5.79. The van der Waals surface area contributed by atoms with Crippen LogP contribution in [-0.4, -0.2) is 12.4 Å². The Kier molecular flexibility index (Phi) is 3.10. The Morgan fingerprint density at radius 1 is 1.33 bits per heavy atom. The molecule has 1 aliphatic heterocycles. The highest BCUT2D eigenvalue weighted by Crippen LogP contribution is 2.29. The highest BCUT2D eigenvalue weighted by atomic mass is 35.5. The number of benzene rings is 1. The van der Waals surface area contributed by atoms with Gasteiger partial charge >= 0.3 is 0 Å². The average molecular weight is 279 g/mol. The highest BCUT2D eigenvalue weighted by Gasteiger charge is 2.17. The fourth-order valence-corrected chi connectivity index (χ4v) is 3.19. The van der Waals surface area contributed by atoms with Gasteiger partial charge in [0.15, 0.2) is 0 Å². The summed E-state index contributed by atoms with van der Waals surface area (Å²) in [7, 11) is 0.